The van der Waals surface area contributed by atoms with Crippen molar-refractivity contribution in [3.05, 3.63) is 40.5 Å². The monoisotopic (exact) mass is 565 g/mol. The Morgan fingerprint density at radius 3 is 2.58 bits per heavy atom. The molecule has 218 valence electrons. The van der Waals surface area contributed by atoms with E-state index in [1.165, 1.54) is 13.0 Å². The number of morpholine rings is 1. The molecule has 1 atom stereocenters. The second-order valence-electron chi connectivity index (χ2n) is 8.79. The van der Waals surface area contributed by atoms with Crippen LogP contribution in [0.25, 0.3) is 0 Å². The Kier molecular flexibility index (Phi) is 11.6. The highest BCUT2D eigenvalue weighted by molar-refractivity contribution is 5.95. The van der Waals surface area contributed by atoms with Crippen LogP contribution >= 0.6 is 0 Å². The van der Waals surface area contributed by atoms with Crippen LogP contribution < -0.4 is 21.1 Å². The van der Waals surface area contributed by atoms with Gasteiger partial charge in [-0.3, -0.25) is 14.5 Å². The summed E-state index contributed by atoms with van der Waals surface area (Å²) in [6, 6.07) is 3.79. The molecule has 40 heavy (non-hydrogen) atoms. The molecule has 0 spiro atoms. The Labute approximate surface area is 230 Å². The molecule has 1 aromatic heterocycles. The van der Waals surface area contributed by atoms with Crippen LogP contribution in [0, 0.1) is 11.3 Å². The zero-order valence-electron chi connectivity index (χ0n) is 21.6. The van der Waals surface area contributed by atoms with E-state index in [4.69, 9.17) is 15.2 Å². The molecule has 1 aliphatic heterocycles. The maximum absolute atomic E-state index is 13.6. The fraction of sp³-hybridized carbons (Fsp3) is 0.500. The summed E-state index contributed by atoms with van der Waals surface area (Å²) in [6.45, 7) is 6.73. The Hall–Kier alpha value is -3.96. The average Bonchev–Trinajstić information content (AvgIpc) is 2.88. The predicted molar refractivity (Wildman–Crippen MR) is 142 cm³/mol. The molecule has 1 saturated heterocycles. The molecule has 1 aromatic carbocycles. The minimum Gasteiger partial charge on any atom is -0.477 e. The first-order valence-electron chi connectivity index (χ1n) is 12.3. The number of carbonyl (C=O) groups is 2. The number of ketones is 1. The molecule has 2 aromatic rings. The number of hydrogen-bond donors (Lipinski definition) is 3. The third kappa shape index (κ3) is 8.78. The van der Waals surface area contributed by atoms with E-state index in [-0.39, 0.29) is 54.9 Å². The van der Waals surface area contributed by atoms with Gasteiger partial charge in [-0.2, -0.15) is 28.4 Å². The number of hydrogen-bond acceptors (Lipinski definition) is 10. The summed E-state index contributed by atoms with van der Waals surface area (Å²) in [5.41, 5.74) is 4.38. The quantitative estimate of drug-likeness (QED) is 0.370. The Morgan fingerprint density at radius 1 is 1.25 bits per heavy atom. The van der Waals surface area contributed by atoms with Gasteiger partial charge in [0.25, 0.3) is 5.91 Å². The molecule has 1 amide bonds. The number of anilines is 2. The van der Waals surface area contributed by atoms with Gasteiger partial charge in [0.2, 0.25) is 11.8 Å². The lowest BCUT2D eigenvalue weighted by atomic mass is 9.99. The van der Waals surface area contributed by atoms with Crippen molar-refractivity contribution < 1.29 is 32.2 Å². The molecule has 0 unspecified atom stereocenters. The fourth-order valence-electron chi connectivity index (χ4n) is 3.89. The van der Waals surface area contributed by atoms with E-state index >= 15 is 0 Å². The number of benzene rings is 1. The lowest BCUT2D eigenvalue weighted by molar-refractivity contribution is -0.137. The number of amides is 1. The summed E-state index contributed by atoms with van der Waals surface area (Å²) in [5.74, 6) is -1.47. The Balaban J connectivity index is 0.00000560. The molecule has 14 heteroatoms. The van der Waals surface area contributed by atoms with Crippen LogP contribution in [0.5, 0.6) is 5.88 Å². The van der Waals surface area contributed by atoms with Gasteiger partial charge in [-0.05, 0) is 37.6 Å². The molecular formula is C26H34F3N7O4. The molecule has 3 rings (SSSR count). The SMILES string of the molecule is C.CCOc1nc(N)nc(N[C@@H](C)C(=O)Cc2cc(C(=O)NCCN3CCOCC3)cc(C(F)(F)F)c2)c1C#N. The lowest BCUT2D eigenvalue weighted by Crippen LogP contribution is -2.41. The second kappa shape index (κ2) is 14.4. The van der Waals surface area contributed by atoms with Gasteiger partial charge >= 0.3 is 6.18 Å². The van der Waals surface area contributed by atoms with Crippen molar-refractivity contribution in [2.24, 2.45) is 0 Å². The van der Waals surface area contributed by atoms with E-state index in [1.807, 2.05) is 6.07 Å². The van der Waals surface area contributed by atoms with Gasteiger partial charge in [-0.15, -0.1) is 0 Å². The van der Waals surface area contributed by atoms with Crippen molar-refractivity contribution >= 4 is 23.5 Å². The normalized spacial score (nSPS) is 14.4. The van der Waals surface area contributed by atoms with Gasteiger partial charge in [-0.25, -0.2) is 0 Å². The van der Waals surface area contributed by atoms with Crippen molar-refractivity contribution in [2.45, 2.75) is 39.9 Å². The third-order valence-corrected chi connectivity index (χ3v) is 5.90. The number of aromatic nitrogens is 2. The van der Waals surface area contributed by atoms with Crippen molar-refractivity contribution in [3.8, 4) is 11.9 Å². The van der Waals surface area contributed by atoms with Crippen LogP contribution in [0.3, 0.4) is 0 Å². The zero-order valence-corrected chi connectivity index (χ0v) is 21.6. The molecular weight excluding hydrogens is 531 g/mol. The topological polar surface area (TPSA) is 155 Å². The van der Waals surface area contributed by atoms with E-state index in [0.29, 0.717) is 32.8 Å². The van der Waals surface area contributed by atoms with Crippen LogP contribution in [-0.2, 0) is 22.1 Å². The van der Waals surface area contributed by atoms with Crippen LogP contribution in [0.2, 0.25) is 0 Å². The first-order valence-corrected chi connectivity index (χ1v) is 12.3. The van der Waals surface area contributed by atoms with E-state index in [9.17, 15) is 28.0 Å². The van der Waals surface area contributed by atoms with Gasteiger partial charge < -0.3 is 25.8 Å². The molecule has 1 fully saturated rings. The number of rotatable bonds is 11. The van der Waals surface area contributed by atoms with Gasteiger partial charge in [-0.1, -0.05) is 7.43 Å². The van der Waals surface area contributed by atoms with Gasteiger partial charge in [0.1, 0.15) is 6.07 Å². The van der Waals surface area contributed by atoms with Crippen LogP contribution in [-0.4, -0.2) is 78.6 Å². The summed E-state index contributed by atoms with van der Waals surface area (Å²) in [7, 11) is 0. The Morgan fingerprint density at radius 2 is 1.95 bits per heavy atom. The van der Waals surface area contributed by atoms with Crippen molar-refractivity contribution in [1.29, 1.82) is 5.26 Å². The summed E-state index contributed by atoms with van der Waals surface area (Å²) < 4.78 is 51.4. The molecule has 11 nitrogen and oxygen atoms in total. The fourth-order valence-corrected chi connectivity index (χ4v) is 3.89. The van der Waals surface area contributed by atoms with Gasteiger partial charge in [0, 0.05) is 38.2 Å². The first kappa shape index (κ1) is 32.3. The number of nitrogens with one attached hydrogen (secondary N) is 2. The minimum atomic E-state index is -4.72. The summed E-state index contributed by atoms with van der Waals surface area (Å²) in [6.07, 6.45) is -5.13. The average molecular weight is 566 g/mol. The van der Waals surface area contributed by atoms with Crippen LogP contribution in [0.1, 0.15) is 48.3 Å². The number of nitrogens with two attached hydrogens (primary N) is 1. The highest BCUT2D eigenvalue weighted by Crippen LogP contribution is 2.31. The predicted octanol–water partition coefficient (Wildman–Crippen LogP) is 2.66. The van der Waals surface area contributed by atoms with E-state index < -0.39 is 35.9 Å². The molecule has 0 aliphatic carbocycles. The number of nitrogens with zero attached hydrogens (tertiary/aromatic N) is 4. The highest BCUT2D eigenvalue weighted by atomic mass is 19.4. The number of Topliss-reactive ketones (excluding diaryl/α,β-unsaturated/α-hetero) is 1. The van der Waals surface area contributed by atoms with E-state index in [0.717, 1.165) is 12.1 Å². The smallest absolute Gasteiger partial charge is 0.416 e. The van der Waals surface area contributed by atoms with Gasteiger partial charge in [0.05, 0.1) is 31.4 Å². The van der Waals surface area contributed by atoms with Crippen molar-refractivity contribution in [3.63, 3.8) is 0 Å². The van der Waals surface area contributed by atoms with Crippen LogP contribution in [0.4, 0.5) is 24.9 Å². The lowest BCUT2D eigenvalue weighted by Gasteiger charge is -2.26. The van der Waals surface area contributed by atoms with Crippen molar-refractivity contribution in [2.75, 3.05) is 57.1 Å². The van der Waals surface area contributed by atoms with Crippen molar-refractivity contribution in [1.82, 2.24) is 20.2 Å². The molecule has 0 saturated carbocycles. The maximum atomic E-state index is 13.6. The number of halogens is 3. The second-order valence-corrected chi connectivity index (χ2v) is 8.79. The summed E-state index contributed by atoms with van der Waals surface area (Å²) in [5, 5.41) is 14.9. The summed E-state index contributed by atoms with van der Waals surface area (Å²) >= 11 is 0. The number of nitriles is 1. The third-order valence-electron chi connectivity index (χ3n) is 5.90. The molecule has 0 radical (unpaired) electrons. The number of nitrogen functional groups attached to an aromatic ring is 1. The maximum Gasteiger partial charge on any atom is 0.416 e. The standard InChI is InChI=1S/C25H30F3N7O4.CH4/c1-3-39-23-19(14-29)21(33-24(30)34-23)32-15(2)20(36)12-16-10-17(13-18(11-16)25(26,27)28)22(37)31-4-5-35-6-8-38-9-7-35;/h10-11,13,15H,3-9,12H2,1-2H3,(H,31,37)(H3,30,32,33,34);1H4/t15-;/m0./s1. The molecule has 0 bridgehead atoms. The minimum absolute atomic E-state index is 0. The summed E-state index contributed by atoms with van der Waals surface area (Å²) in [4.78, 5) is 35.5. The zero-order chi connectivity index (χ0) is 28.6. The molecule has 2 heterocycles. The first-order chi connectivity index (χ1) is 18.5. The largest absolute Gasteiger partial charge is 0.477 e. The van der Waals surface area contributed by atoms with E-state index in [2.05, 4.69) is 25.5 Å². The van der Waals surface area contributed by atoms with Gasteiger partial charge in [0.15, 0.2) is 17.2 Å². The number of carbonyl (C=O) groups excluding carboxylic acids is 2. The highest BCUT2D eigenvalue weighted by Gasteiger charge is 2.32. The van der Waals surface area contributed by atoms with Crippen LogP contribution in [0.15, 0.2) is 18.2 Å². The number of alkyl halides is 3. The van der Waals surface area contributed by atoms with E-state index in [1.54, 1.807) is 6.92 Å². The molecule has 1 aliphatic rings. The Bertz CT molecular complexity index is 1230. The number of ether oxygens (including phenoxy) is 2. The molecule has 4 N–H and O–H groups in total.